The fourth-order valence-corrected chi connectivity index (χ4v) is 5.74. The predicted octanol–water partition coefficient (Wildman–Crippen LogP) is 7.18. The first-order chi connectivity index (χ1) is 19.6. The van der Waals surface area contributed by atoms with Gasteiger partial charge in [0.25, 0.3) is 5.56 Å². The molecule has 5 nitrogen and oxygen atoms in total. The summed E-state index contributed by atoms with van der Waals surface area (Å²) in [6.45, 7) is 1.24. The summed E-state index contributed by atoms with van der Waals surface area (Å²) in [5.41, 5.74) is 3.51. The number of carbonyl (C=O) groups is 1. The van der Waals surface area contributed by atoms with E-state index in [1.807, 2.05) is 71.6 Å². The van der Waals surface area contributed by atoms with Gasteiger partial charge in [-0.15, -0.1) is 0 Å². The third kappa shape index (κ3) is 7.00. The SMILES string of the molecule is O=C(CCCSc1nc2ccccc2c(=O)n1-c1cccc(Cl)c1)N(CCc1ccccc1)Cc1ccccc1. The minimum absolute atomic E-state index is 0.124. The molecule has 1 aromatic heterocycles. The summed E-state index contributed by atoms with van der Waals surface area (Å²) in [4.78, 5) is 33.6. The molecule has 1 amide bonds. The van der Waals surface area contributed by atoms with Crippen molar-refractivity contribution in [1.29, 1.82) is 0 Å². The summed E-state index contributed by atoms with van der Waals surface area (Å²) in [5, 5.41) is 1.69. The van der Waals surface area contributed by atoms with E-state index in [2.05, 4.69) is 24.3 Å². The van der Waals surface area contributed by atoms with Crippen molar-refractivity contribution < 1.29 is 4.79 Å². The Morgan fingerprint density at radius 1 is 0.850 bits per heavy atom. The van der Waals surface area contributed by atoms with Crippen LogP contribution in [0.15, 0.2) is 119 Å². The molecule has 0 atom stereocenters. The Balaban J connectivity index is 1.29. The first kappa shape index (κ1) is 27.7. The highest BCUT2D eigenvalue weighted by Crippen LogP contribution is 2.24. The zero-order valence-electron chi connectivity index (χ0n) is 22.1. The van der Waals surface area contributed by atoms with Gasteiger partial charge >= 0.3 is 0 Å². The third-order valence-corrected chi connectivity index (χ3v) is 7.92. The second-order valence-corrected chi connectivity index (χ2v) is 11.0. The highest BCUT2D eigenvalue weighted by molar-refractivity contribution is 7.99. The Hall–Kier alpha value is -3.87. The summed E-state index contributed by atoms with van der Waals surface area (Å²) in [6.07, 6.45) is 1.89. The number of rotatable bonds is 11. The van der Waals surface area contributed by atoms with E-state index in [1.165, 1.54) is 17.3 Å². The van der Waals surface area contributed by atoms with Crippen molar-refractivity contribution >= 4 is 40.2 Å². The Kier molecular flexibility index (Phi) is 9.32. The van der Waals surface area contributed by atoms with Crippen LogP contribution in [0.2, 0.25) is 5.02 Å². The van der Waals surface area contributed by atoms with Crippen LogP contribution in [0.4, 0.5) is 0 Å². The number of benzene rings is 4. The van der Waals surface area contributed by atoms with E-state index in [0.29, 0.717) is 58.5 Å². The van der Waals surface area contributed by atoms with E-state index >= 15 is 0 Å². The van der Waals surface area contributed by atoms with Gasteiger partial charge in [0.1, 0.15) is 0 Å². The minimum Gasteiger partial charge on any atom is -0.338 e. The molecule has 1 heterocycles. The van der Waals surface area contributed by atoms with Crippen molar-refractivity contribution in [2.75, 3.05) is 12.3 Å². The monoisotopic (exact) mass is 567 g/mol. The van der Waals surface area contributed by atoms with Crippen LogP contribution in [-0.4, -0.2) is 32.7 Å². The first-order valence-electron chi connectivity index (χ1n) is 13.3. The van der Waals surface area contributed by atoms with Crippen LogP contribution in [0.5, 0.6) is 0 Å². The zero-order chi connectivity index (χ0) is 27.7. The Bertz CT molecular complexity index is 1640. The lowest BCUT2D eigenvalue weighted by molar-refractivity contribution is -0.131. The van der Waals surface area contributed by atoms with Gasteiger partial charge in [0, 0.05) is 30.3 Å². The quantitative estimate of drug-likeness (QED) is 0.0963. The fourth-order valence-electron chi connectivity index (χ4n) is 4.60. The van der Waals surface area contributed by atoms with Gasteiger partial charge in [-0.3, -0.25) is 14.2 Å². The van der Waals surface area contributed by atoms with Crippen molar-refractivity contribution in [3.05, 3.63) is 136 Å². The molecule has 0 bridgehead atoms. The number of thioether (sulfide) groups is 1. The van der Waals surface area contributed by atoms with E-state index < -0.39 is 0 Å². The molecule has 0 unspecified atom stereocenters. The van der Waals surface area contributed by atoms with Gasteiger partial charge in [-0.25, -0.2) is 4.98 Å². The highest BCUT2D eigenvalue weighted by atomic mass is 35.5. The van der Waals surface area contributed by atoms with Gasteiger partial charge in [0.2, 0.25) is 5.91 Å². The lowest BCUT2D eigenvalue weighted by atomic mass is 10.1. The fraction of sp³-hybridized carbons (Fsp3) is 0.182. The van der Waals surface area contributed by atoms with Gasteiger partial charge in [0.05, 0.1) is 16.6 Å². The van der Waals surface area contributed by atoms with Crippen molar-refractivity contribution in [2.45, 2.75) is 31.0 Å². The third-order valence-electron chi connectivity index (χ3n) is 6.66. The van der Waals surface area contributed by atoms with E-state index in [1.54, 1.807) is 22.8 Å². The molecule has 5 rings (SSSR count). The summed E-state index contributed by atoms with van der Waals surface area (Å²) in [6, 6.07) is 34.9. The molecule has 0 aliphatic heterocycles. The molecule has 40 heavy (non-hydrogen) atoms. The molecule has 5 aromatic rings. The number of hydrogen-bond acceptors (Lipinski definition) is 4. The topological polar surface area (TPSA) is 55.2 Å². The van der Waals surface area contributed by atoms with Crippen LogP contribution in [0.3, 0.4) is 0 Å². The maximum Gasteiger partial charge on any atom is 0.266 e. The Labute approximate surface area is 243 Å². The number of halogens is 1. The Morgan fingerprint density at radius 3 is 2.30 bits per heavy atom. The number of amides is 1. The molecule has 0 N–H and O–H groups in total. The molecule has 202 valence electrons. The average molecular weight is 568 g/mol. The van der Waals surface area contributed by atoms with Gasteiger partial charge < -0.3 is 4.90 Å². The predicted molar refractivity (Wildman–Crippen MR) is 164 cm³/mol. The van der Waals surface area contributed by atoms with Gasteiger partial charge in [0.15, 0.2) is 5.16 Å². The van der Waals surface area contributed by atoms with Crippen LogP contribution in [0, 0.1) is 0 Å². The second kappa shape index (κ2) is 13.5. The number of para-hydroxylation sites is 1. The second-order valence-electron chi connectivity index (χ2n) is 9.52. The van der Waals surface area contributed by atoms with Gasteiger partial charge in [-0.2, -0.15) is 0 Å². The normalized spacial score (nSPS) is 11.0. The van der Waals surface area contributed by atoms with Crippen molar-refractivity contribution in [2.24, 2.45) is 0 Å². The molecule has 0 aliphatic carbocycles. The molecule has 0 aliphatic rings. The smallest absolute Gasteiger partial charge is 0.266 e. The Morgan fingerprint density at radius 2 is 1.55 bits per heavy atom. The van der Waals surface area contributed by atoms with Crippen LogP contribution in [-0.2, 0) is 17.8 Å². The van der Waals surface area contributed by atoms with Crippen molar-refractivity contribution in [3.63, 3.8) is 0 Å². The number of hydrogen-bond donors (Lipinski definition) is 0. The van der Waals surface area contributed by atoms with E-state index in [-0.39, 0.29) is 11.5 Å². The molecule has 0 spiro atoms. The summed E-state index contributed by atoms with van der Waals surface area (Å²) in [7, 11) is 0. The lowest BCUT2D eigenvalue weighted by Crippen LogP contribution is -2.32. The molecule has 4 aromatic carbocycles. The summed E-state index contributed by atoms with van der Waals surface area (Å²) >= 11 is 7.73. The standard InChI is InChI=1S/C33H30ClN3O2S/c34-27-15-9-16-28(23-27)37-32(39)29-17-7-8-18-30(29)35-33(37)40-22-10-19-31(38)36(24-26-13-5-2-6-14-26)21-20-25-11-3-1-4-12-25/h1-9,11-18,23H,10,19-22,24H2. The number of fused-ring (bicyclic) bond motifs is 1. The van der Waals surface area contributed by atoms with Crippen molar-refractivity contribution in [1.82, 2.24) is 14.5 Å². The molecule has 7 heteroatoms. The summed E-state index contributed by atoms with van der Waals surface area (Å²) < 4.78 is 1.61. The largest absolute Gasteiger partial charge is 0.338 e. The van der Waals surface area contributed by atoms with E-state index in [9.17, 15) is 9.59 Å². The molecule has 0 saturated heterocycles. The van der Waals surface area contributed by atoms with E-state index in [0.717, 1.165) is 12.0 Å². The van der Waals surface area contributed by atoms with Crippen molar-refractivity contribution in [3.8, 4) is 5.69 Å². The van der Waals surface area contributed by atoms with Crippen LogP contribution in [0.25, 0.3) is 16.6 Å². The van der Waals surface area contributed by atoms with Gasteiger partial charge in [-0.1, -0.05) is 102 Å². The van der Waals surface area contributed by atoms with Crippen LogP contribution < -0.4 is 5.56 Å². The average Bonchev–Trinajstić information content (AvgIpc) is 2.98. The molecule has 0 fully saturated rings. The lowest BCUT2D eigenvalue weighted by Gasteiger charge is -2.23. The summed E-state index contributed by atoms with van der Waals surface area (Å²) in [5.74, 6) is 0.772. The first-order valence-corrected chi connectivity index (χ1v) is 14.7. The van der Waals surface area contributed by atoms with Crippen LogP contribution >= 0.6 is 23.4 Å². The molecular weight excluding hydrogens is 538 g/mol. The van der Waals surface area contributed by atoms with E-state index in [4.69, 9.17) is 16.6 Å². The number of aromatic nitrogens is 2. The van der Waals surface area contributed by atoms with Gasteiger partial charge in [-0.05, 0) is 54.3 Å². The number of nitrogens with zero attached hydrogens (tertiary/aromatic N) is 3. The highest BCUT2D eigenvalue weighted by Gasteiger charge is 2.16. The maximum atomic E-state index is 13.5. The maximum absolute atomic E-state index is 13.5. The van der Waals surface area contributed by atoms with Crippen LogP contribution in [0.1, 0.15) is 24.0 Å². The minimum atomic E-state index is -0.138. The number of carbonyl (C=O) groups excluding carboxylic acids is 1. The molecular formula is C33H30ClN3O2S. The zero-order valence-corrected chi connectivity index (χ0v) is 23.7. The molecule has 0 radical (unpaired) electrons. The molecule has 0 saturated carbocycles.